The molecule has 1 saturated heterocycles. The lowest BCUT2D eigenvalue weighted by Gasteiger charge is -2.18. The second-order valence-corrected chi connectivity index (χ2v) is 6.34. The van der Waals surface area contributed by atoms with Gasteiger partial charge in [0.2, 0.25) is 11.8 Å². The van der Waals surface area contributed by atoms with Crippen molar-refractivity contribution in [2.75, 3.05) is 23.9 Å². The Balaban J connectivity index is 1.74. The minimum atomic E-state index is -1.68. The van der Waals surface area contributed by atoms with E-state index in [4.69, 9.17) is 16.3 Å². The van der Waals surface area contributed by atoms with Crippen molar-refractivity contribution < 1.29 is 27.5 Å². The van der Waals surface area contributed by atoms with Gasteiger partial charge in [0.05, 0.1) is 23.7 Å². The molecule has 1 atom stereocenters. The topological polar surface area (TPSA) is 58.6 Å². The maximum Gasteiger partial charge on any atom is 0.229 e. The van der Waals surface area contributed by atoms with Gasteiger partial charge in [-0.3, -0.25) is 9.59 Å². The Labute approximate surface area is 157 Å². The Morgan fingerprint density at radius 1 is 1.22 bits per heavy atom. The van der Waals surface area contributed by atoms with Crippen LogP contribution in [0.15, 0.2) is 30.3 Å². The maximum absolute atomic E-state index is 13.7. The predicted octanol–water partition coefficient (Wildman–Crippen LogP) is 3.76. The normalized spacial score (nSPS) is 16.6. The molecule has 9 heteroatoms. The number of nitrogens with zero attached hydrogens (tertiary/aromatic N) is 1. The van der Waals surface area contributed by atoms with Gasteiger partial charge in [0.15, 0.2) is 17.5 Å². The molecule has 1 fully saturated rings. The molecule has 2 amide bonds. The van der Waals surface area contributed by atoms with Crippen LogP contribution in [0.4, 0.5) is 24.5 Å². The second-order valence-electron chi connectivity index (χ2n) is 5.94. The highest BCUT2D eigenvalue weighted by Crippen LogP contribution is 2.32. The van der Waals surface area contributed by atoms with Crippen molar-refractivity contribution in [2.24, 2.45) is 5.92 Å². The summed E-state index contributed by atoms with van der Waals surface area (Å²) >= 11 is 6.06. The average Bonchev–Trinajstić information content (AvgIpc) is 3.04. The SMILES string of the molecule is COc1ccc(N2CC(C(=O)Nc3ccc(F)c(F)c3F)CC2=O)cc1Cl. The van der Waals surface area contributed by atoms with Gasteiger partial charge >= 0.3 is 0 Å². The molecule has 0 radical (unpaired) electrons. The molecule has 142 valence electrons. The molecule has 3 rings (SSSR count). The third kappa shape index (κ3) is 3.71. The van der Waals surface area contributed by atoms with E-state index in [2.05, 4.69) is 5.32 Å². The van der Waals surface area contributed by atoms with Crippen molar-refractivity contribution in [1.82, 2.24) is 0 Å². The van der Waals surface area contributed by atoms with E-state index in [-0.39, 0.29) is 18.9 Å². The summed E-state index contributed by atoms with van der Waals surface area (Å²) in [5.74, 6) is -5.86. The number of anilines is 2. The lowest BCUT2D eigenvalue weighted by atomic mass is 10.1. The standard InChI is InChI=1S/C18H14ClF3N2O3/c1-27-14-5-2-10(7-11(14)19)24-8-9(6-15(24)25)18(26)23-13-4-3-12(20)16(21)17(13)22/h2-5,7,9H,6,8H2,1H3,(H,23,26). The molecule has 1 aliphatic rings. The smallest absolute Gasteiger partial charge is 0.229 e. The number of methoxy groups -OCH3 is 1. The van der Waals surface area contributed by atoms with Crippen molar-refractivity contribution >= 4 is 34.8 Å². The minimum absolute atomic E-state index is 0.0403. The summed E-state index contributed by atoms with van der Waals surface area (Å²) < 4.78 is 45.0. The number of benzene rings is 2. The minimum Gasteiger partial charge on any atom is -0.495 e. The molecule has 0 spiro atoms. The quantitative estimate of drug-likeness (QED) is 0.798. The molecular weight excluding hydrogens is 385 g/mol. The molecule has 1 heterocycles. The first-order valence-electron chi connectivity index (χ1n) is 7.90. The first-order chi connectivity index (χ1) is 12.8. The molecule has 27 heavy (non-hydrogen) atoms. The van der Waals surface area contributed by atoms with Crippen molar-refractivity contribution in [3.05, 3.63) is 52.8 Å². The predicted molar refractivity (Wildman–Crippen MR) is 93.4 cm³/mol. The summed E-state index contributed by atoms with van der Waals surface area (Å²) in [4.78, 5) is 26.0. The fraction of sp³-hybridized carbons (Fsp3) is 0.222. The molecule has 1 N–H and O–H groups in total. The van der Waals surface area contributed by atoms with Gasteiger partial charge in [0.1, 0.15) is 5.75 Å². The molecule has 0 saturated carbocycles. The first-order valence-corrected chi connectivity index (χ1v) is 8.28. The van der Waals surface area contributed by atoms with Crippen LogP contribution in [-0.2, 0) is 9.59 Å². The first kappa shape index (κ1) is 19.0. The van der Waals surface area contributed by atoms with Crippen LogP contribution in [0.2, 0.25) is 5.02 Å². The van der Waals surface area contributed by atoms with E-state index in [9.17, 15) is 22.8 Å². The van der Waals surface area contributed by atoms with Gasteiger partial charge in [-0.25, -0.2) is 13.2 Å². The number of carbonyl (C=O) groups is 2. The van der Waals surface area contributed by atoms with Crippen LogP contribution in [0.1, 0.15) is 6.42 Å². The summed E-state index contributed by atoms with van der Waals surface area (Å²) in [6.07, 6.45) is -0.110. The summed E-state index contributed by atoms with van der Waals surface area (Å²) in [6.45, 7) is 0.0403. The van der Waals surface area contributed by atoms with Gasteiger partial charge in [0, 0.05) is 18.7 Å². The third-order valence-electron chi connectivity index (χ3n) is 4.24. The Hall–Kier alpha value is -2.74. The van der Waals surface area contributed by atoms with Crippen molar-refractivity contribution in [2.45, 2.75) is 6.42 Å². The molecule has 0 bridgehead atoms. The molecule has 2 aromatic rings. The van der Waals surface area contributed by atoms with Crippen LogP contribution in [0.5, 0.6) is 5.75 Å². The molecule has 5 nitrogen and oxygen atoms in total. The molecular formula is C18H14ClF3N2O3. The molecule has 1 unspecified atom stereocenters. The van der Waals surface area contributed by atoms with E-state index in [1.165, 1.54) is 18.1 Å². The average molecular weight is 399 g/mol. The Kier molecular flexibility index (Phi) is 5.27. The third-order valence-corrected chi connectivity index (χ3v) is 4.53. The molecule has 0 aromatic heterocycles. The summed E-state index contributed by atoms with van der Waals surface area (Å²) in [6, 6.07) is 6.38. The monoisotopic (exact) mass is 398 g/mol. The zero-order valence-corrected chi connectivity index (χ0v) is 14.8. The highest BCUT2D eigenvalue weighted by molar-refractivity contribution is 6.32. The Morgan fingerprint density at radius 3 is 2.63 bits per heavy atom. The van der Waals surface area contributed by atoms with Crippen molar-refractivity contribution in [1.29, 1.82) is 0 Å². The van der Waals surface area contributed by atoms with Gasteiger partial charge < -0.3 is 15.0 Å². The zero-order valence-electron chi connectivity index (χ0n) is 14.1. The number of ether oxygens (including phenoxy) is 1. The number of amides is 2. The van der Waals surface area contributed by atoms with Crippen LogP contribution in [-0.4, -0.2) is 25.5 Å². The van der Waals surface area contributed by atoms with Gasteiger partial charge in [-0.15, -0.1) is 0 Å². The molecule has 1 aliphatic heterocycles. The lowest BCUT2D eigenvalue weighted by Crippen LogP contribution is -2.28. The van der Waals surface area contributed by atoms with Gasteiger partial charge in [-0.2, -0.15) is 0 Å². The highest BCUT2D eigenvalue weighted by Gasteiger charge is 2.35. The maximum atomic E-state index is 13.7. The largest absolute Gasteiger partial charge is 0.495 e. The summed E-state index contributed by atoms with van der Waals surface area (Å²) in [5.41, 5.74) is -0.00241. The zero-order chi connectivity index (χ0) is 19.7. The number of hydrogen-bond donors (Lipinski definition) is 1. The van der Waals surface area contributed by atoms with E-state index in [0.29, 0.717) is 22.5 Å². The van der Waals surface area contributed by atoms with E-state index in [1.54, 1.807) is 12.1 Å². The second kappa shape index (κ2) is 7.48. The Morgan fingerprint density at radius 2 is 1.96 bits per heavy atom. The van der Waals surface area contributed by atoms with E-state index < -0.39 is 35.0 Å². The van der Waals surface area contributed by atoms with Crippen LogP contribution >= 0.6 is 11.6 Å². The van der Waals surface area contributed by atoms with E-state index in [1.807, 2.05) is 0 Å². The number of nitrogens with one attached hydrogen (secondary N) is 1. The van der Waals surface area contributed by atoms with Crippen molar-refractivity contribution in [3.63, 3.8) is 0 Å². The number of hydrogen-bond acceptors (Lipinski definition) is 3. The number of carbonyl (C=O) groups excluding carboxylic acids is 2. The van der Waals surface area contributed by atoms with Gasteiger partial charge in [-0.05, 0) is 30.3 Å². The molecule has 2 aromatic carbocycles. The van der Waals surface area contributed by atoms with Crippen molar-refractivity contribution in [3.8, 4) is 5.75 Å². The summed E-state index contributed by atoms with van der Waals surface area (Å²) in [7, 11) is 1.46. The fourth-order valence-electron chi connectivity index (χ4n) is 2.81. The van der Waals surface area contributed by atoms with E-state index in [0.717, 1.165) is 6.07 Å². The van der Waals surface area contributed by atoms with Crippen LogP contribution in [0.3, 0.4) is 0 Å². The Bertz CT molecular complexity index is 923. The van der Waals surface area contributed by atoms with Crippen LogP contribution < -0.4 is 15.0 Å². The molecule has 0 aliphatic carbocycles. The number of rotatable bonds is 4. The summed E-state index contributed by atoms with van der Waals surface area (Å²) in [5, 5.41) is 2.50. The fourth-order valence-corrected chi connectivity index (χ4v) is 3.07. The highest BCUT2D eigenvalue weighted by atomic mass is 35.5. The lowest BCUT2D eigenvalue weighted by molar-refractivity contribution is -0.122. The number of halogens is 4. The van der Waals surface area contributed by atoms with Crippen LogP contribution in [0, 0.1) is 23.4 Å². The van der Waals surface area contributed by atoms with Crippen LogP contribution in [0.25, 0.3) is 0 Å². The van der Waals surface area contributed by atoms with E-state index >= 15 is 0 Å². The van der Waals surface area contributed by atoms with Gasteiger partial charge in [0.25, 0.3) is 0 Å². The van der Waals surface area contributed by atoms with Gasteiger partial charge in [-0.1, -0.05) is 11.6 Å².